The highest BCUT2D eigenvalue weighted by molar-refractivity contribution is 14.1. The van der Waals surface area contributed by atoms with Gasteiger partial charge in [0.25, 0.3) is 0 Å². The predicted octanol–water partition coefficient (Wildman–Crippen LogP) is 5.69. The van der Waals surface area contributed by atoms with Gasteiger partial charge < -0.3 is 4.74 Å². The fraction of sp³-hybridized carbons (Fsp3) is 0.412. The molecule has 4 heteroatoms. The first-order valence-electron chi connectivity index (χ1n) is 7.06. The van der Waals surface area contributed by atoms with E-state index in [0.29, 0.717) is 9.49 Å². The number of ether oxygens (including phenoxy) is 1. The number of rotatable bonds is 4. The molecule has 1 unspecified atom stereocenters. The minimum Gasteiger partial charge on any atom is -0.493 e. The zero-order valence-electron chi connectivity index (χ0n) is 12.3. The van der Waals surface area contributed by atoms with E-state index in [1.54, 1.807) is 0 Å². The Morgan fingerprint density at radius 1 is 1.43 bits per heavy atom. The summed E-state index contributed by atoms with van der Waals surface area (Å²) in [4.78, 5) is 0. The van der Waals surface area contributed by atoms with Crippen molar-refractivity contribution in [2.24, 2.45) is 0 Å². The van der Waals surface area contributed by atoms with Crippen molar-refractivity contribution >= 4 is 22.6 Å². The first-order chi connectivity index (χ1) is 9.97. The summed E-state index contributed by atoms with van der Waals surface area (Å²) >= 11 is 2.46. The lowest BCUT2D eigenvalue weighted by molar-refractivity contribution is 0.196. The number of benzene rings is 1. The molecule has 0 amide bonds. The Labute approximate surface area is 138 Å². The first-order valence-corrected chi connectivity index (χ1v) is 8.30. The van der Waals surface area contributed by atoms with Crippen molar-refractivity contribution in [2.75, 3.05) is 0 Å². The Morgan fingerprint density at radius 3 is 2.86 bits per heavy atom. The summed E-state index contributed by atoms with van der Waals surface area (Å²) < 4.78 is 32.5. The predicted molar refractivity (Wildman–Crippen MR) is 89.3 cm³/mol. The van der Waals surface area contributed by atoms with E-state index in [1.165, 1.54) is 36.1 Å². The Balaban J connectivity index is 2.04. The fourth-order valence-electron chi connectivity index (χ4n) is 2.42. The molecule has 2 rings (SSSR count). The van der Waals surface area contributed by atoms with E-state index < -0.39 is 11.6 Å². The summed E-state index contributed by atoms with van der Waals surface area (Å²) in [5.41, 5.74) is 3.08. The number of alkyl halides is 1. The topological polar surface area (TPSA) is 9.23 Å². The van der Waals surface area contributed by atoms with Crippen LogP contribution in [-0.4, -0.2) is 3.92 Å². The first kappa shape index (κ1) is 16.5. The van der Waals surface area contributed by atoms with Crippen molar-refractivity contribution < 1.29 is 13.5 Å². The molecule has 1 aromatic carbocycles. The number of hydrogen-bond donors (Lipinski definition) is 0. The zero-order valence-corrected chi connectivity index (χ0v) is 14.4. The van der Waals surface area contributed by atoms with Gasteiger partial charge in [-0.15, -0.1) is 0 Å². The molecule has 1 aliphatic rings. The second-order valence-corrected chi connectivity index (χ2v) is 6.88. The van der Waals surface area contributed by atoms with Crippen LogP contribution >= 0.6 is 22.6 Å². The molecule has 1 nitrogen and oxygen atoms in total. The summed E-state index contributed by atoms with van der Waals surface area (Å²) in [5, 5.41) is 0. The van der Waals surface area contributed by atoms with Crippen LogP contribution in [0.3, 0.4) is 0 Å². The molecule has 0 N–H and O–H groups in total. The minimum absolute atomic E-state index is 0.118. The van der Waals surface area contributed by atoms with Gasteiger partial charge in [0.15, 0.2) is 0 Å². The van der Waals surface area contributed by atoms with Crippen LogP contribution in [-0.2, 0) is 11.3 Å². The van der Waals surface area contributed by atoms with E-state index in [2.05, 4.69) is 29.5 Å². The fourth-order valence-corrected chi connectivity index (χ4v) is 3.57. The van der Waals surface area contributed by atoms with E-state index in [-0.39, 0.29) is 6.61 Å². The van der Waals surface area contributed by atoms with E-state index in [9.17, 15) is 8.78 Å². The van der Waals surface area contributed by atoms with Crippen LogP contribution in [0.2, 0.25) is 0 Å². The van der Waals surface area contributed by atoms with Crippen LogP contribution in [0.25, 0.3) is 0 Å². The van der Waals surface area contributed by atoms with E-state index in [4.69, 9.17) is 4.74 Å². The van der Waals surface area contributed by atoms with Gasteiger partial charge in [0.1, 0.15) is 18.2 Å². The zero-order chi connectivity index (χ0) is 15.4. The molecule has 1 aliphatic carbocycles. The van der Waals surface area contributed by atoms with Crippen molar-refractivity contribution in [3.8, 4) is 0 Å². The average Bonchev–Trinajstić information content (AvgIpc) is 2.42. The van der Waals surface area contributed by atoms with Crippen LogP contribution in [0.5, 0.6) is 0 Å². The molecular formula is C17H19F2IO. The third-order valence-corrected chi connectivity index (χ3v) is 4.96. The third kappa shape index (κ3) is 4.53. The summed E-state index contributed by atoms with van der Waals surface area (Å²) in [5.74, 6) is -0.376. The smallest absolute Gasteiger partial charge is 0.132 e. The second kappa shape index (κ2) is 7.38. The highest BCUT2D eigenvalue weighted by Crippen LogP contribution is 2.32. The maximum absolute atomic E-state index is 13.5. The molecule has 0 bridgehead atoms. The lowest BCUT2D eigenvalue weighted by atomic mass is 9.92. The molecule has 0 saturated carbocycles. The number of allylic oxidation sites excluding steroid dienone is 4. The molecule has 21 heavy (non-hydrogen) atoms. The van der Waals surface area contributed by atoms with Gasteiger partial charge in [-0.2, -0.15) is 0 Å². The van der Waals surface area contributed by atoms with Gasteiger partial charge in [-0.05, 0) is 56.9 Å². The lowest BCUT2D eigenvalue weighted by Crippen LogP contribution is -2.09. The van der Waals surface area contributed by atoms with Gasteiger partial charge in [-0.3, -0.25) is 0 Å². The van der Waals surface area contributed by atoms with Gasteiger partial charge in [-0.25, -0.2) is 8.78 Å². The van der Waals surface area contributed by atoms with Crippen molar-refractivity contribution in [3.05, 3.63) is 58.4 Å². The molecule has 0 aliphatic heterocycles. The summed E-state index contributed by atoms with van der Waals surface area (Å²) in [6, 6.07) is 3.55. The molecule has 0 aromatic heterocycles. The van der Waals surface area contributed by atoms with Crippen LogP contribution in [0.4, 0.5) is 8.78 Å². The molecular weight excluding hydrogens is 385 g/mol. The Kier molecular flexibility index (Phi) is 5.79. The van der Waals surface area contributed by atoms with Crippen molar-refractivity contribution in [1.29, 1.82) is 0 Å². The van der Waals surface area contributed by atoms with E-state index in [1.807, 2.05) is 13.0 Å². The van der Waals surface area contributed by atoms with Crippen LogP contribution in [0.15, 0.2) is 41.2 Å². The van der Waals surface area contributed by atoms with Crippen molar-refractivity contribution in [2.45, 2.75) is 43.6 Å². The quantitative estimate of drug-likeness (QED) is 0.356. The Hall–Kier alpha value is -0.910. The monoisotopic (exact) mass is 404 g/mol. The normalized spacial score (nSPS) is 19.9. The maximum atomic E-state index is 13.5. The number of hydrogen-bond acceptors (Lipinski definition) is 1. The molecule has 0 fully saturated rings. The molecule has 0 heterocycles. The molecule has 0 spiro atoms. The van der Waals surface area contributed by atoms with Crippen LogP contribution < -0.4 is 0 Å². The highest BCUT2D eigenvalue weighted by atomic mass is 127. The standard InChI is InChI=1S/C17H19F2IO/c1-11-4-3-5-17(20)15(11)8-12(2)21-10-13-6-7-14(18)9-16(13)19/h6-9,17H,3-5,10H2,1-2H3/b12-8+. The molecule has 114 valence electrons. The average molecular weight is 404 g/mol. The SMILES string of the molecule is CC1=C(/C=C(\C)OCc2ccc(F)cc2F)C(I)CCC1. The summed E-state index contributed by atoms with van der Waals surface area (Å²) in [7, 11) is 0. The maximum Gasteiger partial charge on any atom is 0.132 e. The molecule has 0 radical (unpaired) electrons. The van der Waals surface area contributed by atoms with Gasteiger partial charge in [0.2, 0.25) is 0 Å². The van der Waals surface area contributed by atoms with E-state index in [0.717, 1.165) is 18.2 Å². The largest absolute Gasteiger partial charge is 0.493 e. The highest BCUT2D eigenvalue weighted by Gasteiger charge is 2.17. The van der Waals surface area contributed by atoms with Crippen molar-refractivity contribution in [3.63, 3.8) is 0 Å². The van der Waals surface area contributed by atoms with Gasteiger partial charge in [0, 0.05) is 15.6 Å². The molecule has 1 aromatic rings. The van der Waals surface area contributed by atoms with Gasteiger partial charge in [0.05, 0.1) is 5.76 Å². The third-order valence-electron chi connectivity index (χ3n) is 3.67. The minimum atomic E-state index is -0.570. The van der Waals surface area contributed by atoms with Crippen molar-refractivity contribution in [1.82, 2.24) is 0 Å². The molecule has 1 atom stereocenters. The Bertz CT molecular complexity index is 578. The summed E-state index contributed by atoms with van der Waals surface area (Å²) in [6.45, 7) is 4.15. The van der Waals surface area contributed by atoms with Gasteiger partial charge >= 0.3 is 0 Å². The number of halogens is 3. The molecule has 0 saturated heterocycles. The van der Waals surface area contributed by atoms with Gasteiger partial charge in [-0.1, -0.05) is 28.2 Å². The van der Waals surface area contributed by atoms with Crippen LogP contribution in [0, 0.1) is 11.6 Å². The summed E-state index contributed by atoms with van der Waals surface area (Å²) in [6.07, 6.45) is 5.60. The lowest BCUT2D eigenvalue weighted by Gasteiger charge is -2.21. The second-order valence-electron chi connectivity index (χ2n) is 5.37. The Morgan fingerprint density at radius 2 is 2.19 bits per heavy atom. The van der Waals surface area contributed by atoms with Crippen LogP contribution in [0.1, 0.15) is 38.7 Å². The van der Waals surface area contributed by atoms with E-state index >= 15 is 0 Å².